The quantitative estimate of drug-likeness (QED) is 0.555. The number of aliphatic hydroxyl groups excluding tert-OH is 1. The Labute approximate surface area is 156 Å². The number of aliphatic hydroxyl groups is 1. The molecule has 1 atom stereocenters. The summed E-state index contributed by atoms with van der Waals surface area (Å²) in [6.45, 7) is 0. The van der Waals surface area contributed by atoms with Crippen molar-refractivity contribution in [3.05, 3.63) is 78.6 Å². The predicted molar refractivity (Wildman–Crippen MR) is 104 cm³/mol. The van der Waals surface area contributed by atoms with Crippen LogP contribution in [0.4, 0.5) is 0 Å². The van der Waals surface area contributed by atoms with E-state index in [1.807, 2.05) is 59.2 Å². The molecule has 1 heterocycles. The van der Waals surface area contributed by atoms with Crippen LogP contribution >= 0.6 is 0 Å². The van der Waals surface area contributed by atoms with E-state index in [1.54, 1.807) is 25.6 Å². The first kappa shape index (κ1) is 16.8. The van der Waals surface area contributed by atoms with E-state index in [0.29, 0.717) is 5.56 Å². The summed E-state index contributed by atoms with van der Waals surface area (Å²) in [6, 6.07) is 23.2. The SMILES string of the molecule is COc1ccccc1-c1cccc(-n2cnc3cc(C(O)C#N)ccc32)c1. The van der Waals surface area contributed by atoms with Crippen LogP contribution in [0, 0.1) is 11.3 Å². The highest BCUT2D eigenvalue weighted by molar-refractivity contribution is 5.79. The Kier molecular flexibility index (Phi) is 4.33. The van der Waals surface area contributed by atoms with Crippen molar-refractivity contribution >= 4 is 11.0 Å². The number of nitrogens with zero attached hydrogens (tertiary/aromatic N) is 3. The van der Waals surface area contributed by atoms with Crippen molar-refractivity contribution in [3.63, 3.8) is 0 Å². The monoisotopic (exact) mass is 355 g/mol. The normalized spacial score (nSPS) is 11.9. The number of para-hydroxylation sites is 1. The lowest BCUT2D eigenvalue weighted by Crippen LogP contribution is -1.95. The zero-order chi connectivity index (χ0) is 18.8. The van der Waals surface area contributed by atoms with Gasteiger partial charge >= 0.3 is 0 Å². The third-order valence-electron chi connectivity index (χ3n) is 4.55. The van der Waals surface area contributed by atoms with Crippen LogP contribution < -0.4 is 4.74 Å². The molecule has 3 aromatic carbocycles. The summed E-state index contributed by atoms with van der Waals surface area (Å²) in [5.74, 6) is 0.820. The van der Waals surface area contributed by atoms with Gasteiger partial charge < -0.3 is 9.84 Å². The summed E-state index contributed by atoms with van der Waals surface area (Å²) in [6.07, 6.45) is 0.600. The molecule has 0 amide bonds. The molecule has 1 unspecified atom stereocenters. The van der Waals surface area contributed by atoms with Crippen LogP contribution in [0.15, 0.2) is 73.1 Å². The average molecular weight is 355 g/mol. The van der Waals surface area contributed by atoms with Crippen molar-refractivity contribution in [1.29, 1.82) is 5.26 Å². The molecule has 0 saturated heterocycles. The maximum Gasteiger partial charge on any atom is 0.165 e. The lowest BCUT2D eigenvalue weighted by atomic mass is 10.0. The molecular formula is C22H17N3O2. The molecular weight excluding hydrogens is 338 g/mol. The number of nitriles is 1. The van der Waals surface area contributed by atoms with E-state index in [-0.39, 0.29) is 0 Å². The van der Waals surface area contributed by atoms with E-state index < -0.39 is 6.10 Å². The number of imidazole rings is 1. The third kappa shape index (κ3) is 3.03. The van der Waals surface area contributed by atoms with Gasteiger partial charge in [0.15, 0.2) is 6.10 Å². The number of hydrogen-bond acceptors (Lipinski definition) is 4. The lowest BCUT2D eigenvalue weighted by Gasteiger charge is -2.11. The number of rotatable bonds is 4. The smallest absolute Gasteiger partial charge is 0.165 e. The Bertz CT molecular complexity index is 1160. The first-order valence-electron chi connectivity index (χ1n) is 8.50. The van der Waals surface area contributed by atoms with Crippen LogP contribution in [0.25, 0.3) is 27.8 Å². The first-order valence-corrected chi connectivity index (χ1v) is 8.50. The van der Waals surface area contributed by atoms with Crippen LogP contribution in [0.1, 0.15) is 11.7 Å². The van der Waals surface area contributed by atoms with Gasteiger partial charge in [0, 0.05) is 11.3 Å². The van der Waals surface area contributed by atoms with Gasteiger partial charge in [-0.05, 0) is 41.5 Å². The average Bonchev–Trinajstić information content (AvgIpc) is 3.16. The van der Waals surface area contributed by atoms with Gasteiger partial charge in [-0.2, -0.15) is 5.26 Å². The van der Waals surface area contributed by atoms with Gasteiger partial charge in [0.25, 0.3) is 0 Å². The molecule has 0 fully saturated rings. The highest BCUT2D eigenvalue weighted by Crippen LogP contribution is 2.31. The number of hydrogen-bond donors (Lipinski definition) is 1. The van der Waals surface area contributed by atoms with E-state index in [0.717, 1.165) is 33.6 Å². The second-order valence-corrected chi connectivity index (χ2v) is 6.14. The Hall–Kier alpha value is -3.62. The lowest BCUT2D eigenvalue weighted by molar-refractivity contribution is 0.236. The molecule has 0 radical (unpaired) electrons. The molecule has 5 nitrogen and oxygen atoms in total. The van der Waals surface area contributed by atoms with Gasteiger partial charge in [-0.3, -0.25) is 4.57 Å². The predicted octanol–water partition coefficient (Wildman–Crippen LogP) is 4.26. The van der Waals surface area contributed by atoms with Crippen LogP contribution in [0.3, 0.4) is 0 Å². The third-order valence-corrected chi connectivity index (χ3v) is 4.55. The van der Waals surface area contributed by atoms with Gasteiger partial charge in [0.1, 0.15) is 12.1 Å². The molecule has 0 saturated carbocycles. The van der Waals surface area contributed by atoms with Crippen LogP contribution in [0.5, 0.6) is 5.75 Å². The highest BCUT2D eigenvalue weighted by atomic mass is 16.5. The molecule has 0 aliphatic heterocycles. The fourth-order valence-corrected chi connectivity index (χ4v) is 3.19. The summed E-state index contributed by atoms with van der Waals surface area (Å²) in [4.78, 5) is 4.43. The van der Waals surface area contributed by atoms with Crippen LogP contribution in [-0.2, 0) is 0 Å². The number of methoxy groups -OCH3 is 1. The van der Waals surface area contributed by atoms with Crippen molar-refractivity contribution in [2.24, 2.45) is 0 Å². The van der Waals surface area contributed by atoms with Gasteiger partial charge in [0.05, 0.1) is 24.2 Å². The Morgan fingerprint density at radius 3 is 2.74 bits per heavy atom. The van der Waals surface area contributed by atoms with E-state index in [1.165, 1.54) is 0 Å². The fourth-order valence-electron chi connectivity index (χ4n) is 3.19. The van der Waals surface area contributed by atoms with Crippen molar-refractivity contribution in [2.75, 3.05) is 7.11 Å². The molecule has 0 aliphatic rings. The molecule has 1 aromatic heterocycles. The molecule has 1 N–H and O–H groups in total. The van der Waals surface area contributed by atoms with E-state index in [2.05, 4.69) is 11.1 Å². The van der Waals surface area contributed by atoms with Crippen LogP contribution in [0.2, 0.25) is 0 Å². The Morgan fingerprint density at radius 1 is 1.07 bits per heavy atom. The second kappa shape index (κ2) is 6.94. The minimum atomic E-state index is -1.14. The second-order valence-electron chi connectivity index (χ2n) is 6.14. The molecule has 27 heavy (non-hydrogen) atoms. The molecule has 0 bridgehead atoms. The van der Waals surface area contributed by atoms with Gasteiger partial charge in [-0.15, -0.1) is 0 Å². The minimum absolute atomic E-state index is 0.540. The Morgan fingerprint density at radius 2 is 1.93 bits per heavy atom. The Balaban J connectivity index is 1.80. The zero-order valence-electron chi connectivity index (χ0n) is 14.7. The topological polar surface area (TPSA) is 71.1 Å². The molecule has 0 spiro atoms. The molecule has 0 aliphatic carbocycles. The van der Waals surface area contributed by atoms with Crippen molar-refractivity contribution in [1.82, 2.24) is 9.55 Å². The number of benzene rings is 3. The summed E-state index contributed by atoms with van der Waals surface area (Å²) in [5.41, 5.74) is 5.20. The van der Waals surface area contributed by atoms with Gasteiger partial charge in [-0.25, -0.2) is 4.98 Å². The zero-order valence-corrected chi connectivity index (χ0v) is 14.7. The largest absolute Gasteiger partial charge is 0.496 e. The summed E-state index contributed by atoms with van der Waals surface area (Å²) >= 11 is 0. The standard InChI is InChI=1S/C22H17N3O2/c1-27-22-8-3-2-7-18(22)15-5-4-6-17(11-15)25-14-24-19-12-16(21(26)13-23)9-10-20(19)25/h2-12,14,21,26H,1H3. The van der Waals surface area contributed by atoms with Gasteiger partial charge in [-0.1, -0.05) is 36.4 Å². The van der Waals surface area contributed by atoms with E-state index in [9.17, 15) is 5.11 Å². The minimum Gasteiger partial charge on any atom is -0.496 e. The summed E-state index contributed by atoms with van der Waals surface area (Å²) in [7, 11) is 1.67. The van der Waals surface area contributed by atoms with E-state index >= 15 is 0 Å². The fraction of sp³-hybridized carbons (Fsp3) is 0.0909. The number of aromatic nitrogens is 2. The van der Waals surface area contributed by atoms with Crippen molar-refractivity contribution < 1.29 is 9.84 Å². The highest BCUT2D eigenvalue weighted by Gasteiger charge is 2.11. The molecule has 132 valence electrons. The number of fused-ring (bicyclic) bond motifs is 1. The number of ether oxygens (including phenoxy) is 1. The van der Waals surface area contributed by atoms with Gasteiger partial charge in [0.2, 0.25) is 0 Å². The van der Waals surface area contributed by atoms with Crippen LogP contribution in [-0.4, -0.2) is 21.8 Å². The first-order chi connectivity index (χ1) is 13.2. The summed E-state index contributed by atoms with van der Waals surface area (Å²) < 4.78 is 7.46. The van der Waals surface area contributed by atoms with Crippen molar-refractivity contribution in [2.45, 2.75) is 6.10 Å². The summed E-state index contributed by atoms with van der Waals surface area (Å²) in [5, 5.41) is 18.6. The van der Waals surface area contributed by atoms with E-state index in [4.69, 9.17) is 10.00 Å². The van der Waals surface area contributed by atoms with Crippen molar-refractivity contribution in [3.8, 4) is 28.6 Å². The molecule has 4 rings (SSSR count). The molecule has 5 heteroatoms. The maximum atomic E-state index is 9.72. The maximum absolute atomic E-state index is 9.72. The molecule has 4 aromatic rings.